The summed E-state index contributed by atoms with van der Waals surface area (Å²) in [4.78, 5) is 11.0. The molecule has 0 amide bonds. The number of thiophene rings is 1. The Hall–Kier alpha value is -0.980. The van der Waals surface area contributed by atoms with Crippen molar-refractivity contribution in [1.29, 1.82) is 0 Å². The third-order valence-electron chi connectivity index (χ3n) is 1.88. The van der Waals surface area contributed by atoms with Crippen LogP contribution in [0.4, 0.5) is 22.0 Å². The number of alkyl halides is 5. The van der Waals surface area contributed by atoms with Crippen molar-refractivity contribution in [2.24, 2.45) is 0 Å². The minimum Gasteiger partial charge on any atom is -0.286 e. The Labute approximate surface area is 91.9 Å². The van der Waals surface area contributed by atoms with Crippen LogP contribution in [-0.4, -0.2) is 17.9 Å². The van der Waals surface area contributed by atoms with Crippen molar-refractivity contribution in [1.82, 2.24) is 0 Å². The van der Waals surface area contributed by atoms with Gasteiger partial charge in [0.15, 0.2) is 0 Å². The molecule has 0 saturated heterocycles. The average molecular weight is 258 g/mol. The number of Topliss-reactive ketones (excluding diaryl/α,β-unsaturated/α-hetero) is 1. The number of carbonyl (C=O) groups is 1. The Morgan fingerprint density at radius 2 is 1.81 bits per heavy atom. The zero-order valence-electron chi connectivity index (χ0n) is 8.07. The molecule has 0 aliphatic rings. The van der Waals surface area contributed by atoms with Crippen molar-refractivity contribution in [2.45, 2.75) is 25.4 Å². The van der Waals surface area contributed by atoms with E-state index in [1.807, 2.05) is 0 Å². The molecule has 0 bridgehead atoms. The highest BCUT2D eigenvalue weighted by atomic mass is 32.1. The van der Waals surface area contributed by atoms with Crippen LogP contribution in [0.25, 0.3) is 0 Å². The van der Waals surface area contributed by atoms with Crippen LogP contribution in [-0.2, 0) is 6.42 Å². The second kappa shape index (κ2) is 4.12. The summed E-state index contributed by atoms with van der Waals surface area (Å²) in [6.45, 7) is 1.71. The van der Waals surface area contributed by atoms with Gasteiger partial charge in [-0.3, -0.25) is 4.79 Å². The molecule has 0 unspecified atom stereocenters. The van der Waals surface area contributed by atoms with E-state index in [0.717, 1.165) is 6.07 Å². The van der Waals surface area contributed by atoms with E-state index in [4.69, 9.17) is 0 Å². The van der Waals surface area contributed by atoms with Gasteiger partial charge in [-0.25, -0.2) is 0 Å². The standard InChI is InChI=1S/C9H7F5OS/c1-2-5-3-4-6(16-5)7(15)8(10,11)9(12,13)14/h3-4H,2H2,1H3. The molecule has 1 aromatic heterocycles. The largest absolute Gasteiger partial charge is 0.461 e. The van der Waals surface area contributed by atoms with Crippen LogP contribution in [0.1, 0.15) is 21.5 Å². The minimum atomic E-state index is -5.85. The second-order valence-corrected chi connectivity index (χ2v) is 4.19. The zero-order chi connectivity index (χ0) is 12.6. The van der Waals surface area contributed by atoms with Gasteiger partial charge in [0.25, 0.3) is 5.78 Å². The highest BCUT2D eigenvalue weighted by Crippen LogP contribution is 2.39. The van der Waals surface area contributed by atoms with Gasteiger partial charge < -0.3 is 0 Å². The van der Waals surface area contributed by atoms with Crippen molar-refractivity contribution in [2.75, 3.05) is 0 Å². The summed E-state index contributed by atoms with van der Waals surface area (Å²) in [6.07, 6.45) is -5.37. The van der Waals surface area contributed by atoms with Crippen LogP contribution in [0.5, 0.6) is 0 Å². The van der Waals surface area contributed by atoms with Gasteiger partial charge in [-0.15, -0.1) is 11.3 Å². The van der Waals surface area contributed by atoms with Crippen molar-refractivity contribution in [3.63, 3.8) is 0 Å². The molecular formula is C9H7F5OS. The summed E-state index contributed by atoms with van der Waals surface area (Å²) in [5.41, 5.74) is 0. The van der Waals surface area contributed by atoms with Crippen LogP contribution in [0.3, 0.4) is 0 Å². The molecule has 0 spiro atoms. The molecule has 0 aliphatic carbocycles. The fourth-order valence-electron chi connectivity index (χ4n) is 0.973. The molecule has 0 saturated carbocycles. The number of rotatable bonds is 3. The minimum absolute atomic E-state index is 0.482. The first kappa shape index (κ1) is 13.1. The maximum absolute atomic E-state index is 12.7. The van der Waals surface area contributed by atoms with Crippen molar-refractivity contribution in [3.8, 4) is 0 Å². The fraction of sp³-hybridized carbons (Fsp3) is 0.444. The van der Waals surface area contributed by atoms with Crippen LogP contribution >= 0.6 is 11.3 Å². The quantitative estimate of drug-likeness (QED) is 0.597. The van der Waals surface area contributed by atoms with Crippen molar-refractivity contribution >= 4 is 17.1 Å². The zero-order valence-corrected chi connectivity index (χ0v) is 8.88. The van der Waals surface area contributed by atoms with E-state index in [1.165, 1.54) is 6.07 Å². The first-order valence-electron chi connectivity index (χ1n) is 4.28. The van der Waals surface area contributed by atoms with Gasteiger partial charge in [-0.2, -0.15) is 22.0 Å². The second-order valence-electron chi connectivity index (χ2n) is 3.02. The lowest BCUT2D eigenvalue weighted by molar-refractivity contribution is -0.255. The predicted octanol–water partition coefficient (Wildman–Crippen LogP) is 3.69. The number of hydrogen-bond donors (Lipinski definition) is 0. The molecule has 0 N–H and O–H groups in total. The molecule has 90 valence electrons. The Bertz CT molecular complexity index is 393. The first-order chi connectivity index (χ1) is 7.20. The van der Waals surface area contributed by atoms with E-state index in [-0.39, 0.29) is 0 Å². The summed E-state index contributed by atoms with van der Waals surface area (Å²) in [5, 5.41) is 0. The molecule has 7 heteroatoms. The highest BCUT2D eigenvalue weighted by molar-refractivity contribution is 7.14. The third kappa shape index (κ3) is 2.23. The Morgan fingerprint density at radius 1 is 1.25 bits per heavy atom. The van der Waals surface area contributed by atoms with Crippen LogP contribution < -0.4 is 0 Å². The summed E-state index contributed by atoms with van der Waals surface area (Å²) in [5.74, 6) is -7.51. The molecule has 0 fully saturated rings. The van der Waals surface area contributed by atoms with E-state index >= 15 is 0 Å². The maximum Gasteiger partial charge on any atom is 0.461 e. The molecule has 1 nitrogen and oxygen atoms in total. The monoisotopic (exact) mass is 258 g/mol. The van der Waals surface area contributed by atoms with Gasteiger partial charge in [0.05, 0.1) is 4.88 Å². The molecule has 16 heavy (non-hydrogen) atoms. The number of aryl methyl sites for hydroxylation is 1. The molecule has 1 rings (SSSR count). The molecule has 0 aromatic carbocycles. The Balaban J connectivity index is 3.02. The highest BCUT2D eigenvalue weighted by Gasteiger charge is 2.63. The number of ketones is 1. The summed E-state index contributed by atoms with van der Waals surface area (Å²) >= 11 is 0.654. The third-order valence-corrected chi connectivity index (χ3v) is 3.10. The fourth-order valence-corrected chi connectivity index (χ4v) is 1.89. The molecular weight excluding hydrogens is 251 g/mol. The van der Waals surface area contributed by atoms with Gasteiger partial charge in [-0.05, 0) is 18.6 Å². The number of halogens is 5. The lowest BCUT2D eigenvalue weighted by atomic mass is 10.2. The maximum atomic E-state index is 12.7. The molecule has 0 radical (unpaired) electrons. The van der Waals surface area contributed by atoms with Crippen LogP contribution in [0, 0.1) is 0 Å². The average Bonchev–Trinajstić information content (AvgIpc) is 2.62. The Morgan fingerprint density at radius 3 is 2.19 bits per heavy atom. The topological polar surface area (TPSA) is 17.1 Å². The number of carbonyl (C=O) groups excluding carboxylic acids is 1. The Kier molecular flexibility index (Phi) is 3.37. The lowest BCUT2D eigenvalue weighted by Crippen LogP contribution is -2.43. The summed E-state index contributed by atoms with van der Waals surface area (Å²) in [6, 6.07) is 2.36. The van der Waals surface area contributed by atoms with Crippen LogP contribution in [0.2, 0.25) is 0 Å². The van der Waals surface area contributed by atoms with E-state index in [2.05, 4.69) is 0 Å². The first-order valence-corrected chi connectivity index (χ1v) is 5.10. The van der Waals surface area contributed by atoms with Gasteiger partial charge in [0.2, 0.25) is 0 Å². The van der Waals surface area contributed by atoms with E-state index in [9.17, 15) is 26.7 Å². The predicted molar refractivity (Wildman–Crippen MR) is 49.0 cm³/mol. The summed E-state index contributed by atoms with van der Waals surface area (Å²) in [7, 11) is 0. The van der Waals surface area contributed by atoms with Gasteiger partial charge in [0.1, 0.15) is 0 Å². The SMILES string of the molecule is CCc1ccc(C(=O)C(F)(F)C(F)(F)F)s1. The van der Waals surface area contributed by atoms with Gasteiger partial charge in [-0.1, -0.05) is 6.92 Å². The van der Waals surface area contributed by atoms with E-state index in [1.54, 1.807) is 6.92 Å². The molecule has 1 heterocycles. The molecule has 0 aliphatic heterocycles. The lowest BCUT2D eigenvalue weighted by Gasteiger charge is -2.16. The van der Waals surface area contributed by atoms with Crippen LogP contribution in [0.15, 0.2) is 12.1 Å². The van der Waals surface area contributed by atoms with E-state index in [0.29, 0.717) is 22.6 Å². The molecule has 0 atom stereocenters. The van der Waals surface area contributed by atoms with Gasteiger partial charge in [0, 0.05) is 4.88 Å². The molecule has 1 aromatic rings. The van der Waals surface area contributed by atoms with E-state index < -0.39 is 22.8 Å². The normalized spacial score (nSPS) is 12.9. The smallest absolute Gasteiger partial charge is 0.286 e. The van der Waals surface area contributed by atoms with Crippen molar-refractivity contribution in [3.05, 3.63) is 21.9 Å². The summed E-state index contributed by atoms with van der Waals surface area (Å²) < 4.78 is 61.0. The van der Waals surface area contributed by atoms with Gasteiger partial charge >= 0.3 is 12.1 Å². The number of hydrogen-bond acceptors (Lipinski definition) is 2. The van der Waals surface area contributed by atoms with Crippen molar-refractivity contribution < 1.29 is 26.7 Å².